The first-order valence-electron chi connectivity index (χ1n) is 12.6. The number of hydrogen-bond donors (Lipinski definition) is 1. The van der Waals surface area contributed by atoms with Crippen molar-refractivity contribution in [2.75, 3.05) is 37.6 Å². The summed E-state index contributed by atoms with van der Waals surface area (Å²) in [5.41, 5.74) is 4.23. The van der Waals surface area contributed by atoms with Gasteiger partial charge in [-0.3, -0.25) is 9.69 Å². The van der Waals surface area contributed by atoms with E-state index in [1.165, 1.54) is 6.08 Å². The van der Waals surface area contributed by atoms with E-state index < -0.39 is 0 Å². The van der Waals surface area contributed by atoms with E-state index in [9.17, 15) is 15.2 Å². The van der Waals surface area contributed by atoms with Gasteiger partial charge < -0.3 is 14.9 Å². The van der Waals surface area contributed by atoms with Crippen molar-refractivity contribution < 1.29 is 9.90 Å². The van der Waals surface area contributed by atoms with Crippen LogP contribution in [0.1, 0.15) is 55.5 Å². The van der Waals surface area contributed by atoms with Gasteiger partial charge in [-0.2, -0.15) is 5.26 Å². The lowest BCUT2D eigenvalue weighted by Gasteiger charge is -2.47. The molecule has 2 unspecified atom stereocenters. The second kappa shape index (κ2) is 8.22. The zero-order chi connectivity index (χ0) is 25.4. The third-order valence-corrected chi connectivity index (χ3v) is 8.91. The van der Waals surface area contributed by atoms with E-state index in [0.717, 1.165) is 49.3 Å². The molecule has 3 fully saturated rings. The number of aromatic nitrogens is 1. The molecule has 1 aliphatic carbocycles. The number of anilines is 1. The maximum atomic E-state index is 12.0. The highest BCUT2D eigenvalue weighted by Gasteiger charge is 2.51. The Morgan fingerprint density at radius 3 is 2.83 bits per heavy atom. The van der Waals surface area contributed by atoms with Crippen LogP contribution < -0.4 is 4.90 Å². The summed E-state index contributed by atoms with van der Waals surface area (Å²) in [4.78, 5) is 23.8. The second-order valence-electron chi connectivity index (χ2n) is 11.1. The number of rotatable bonds is 4. The van der Waals surface area contributed by atoms with Crippen LogP contribution in [0.15, 0.2) is 30.9 Å². The number of likely N-dealkylation sites (tertiary alicyclic amines) is 2. The van der Waals surface area contributed by atoms with Gasteiger partial charge in [-0.05, 0) is 56.5 Å². The normalized spacial score (nSPS) is 23.8. The van der Waals surface area contributed by atoms with E-state index in [0.29, 0.717) is 41.1 Å². The fourth-order valence-corrected chi connectivity index (χ4v) is 7.14. The van der Waals surface area contributed by atoms with E-state index in [1.54, 1.807) is 18.2 Å². The number of hydrogen-bond acceptors (Lipinski definition) is 6. The zero-order valence-corrected chi connectivity index (χ0v) is 21.4. The monoisotopic (exact) mass is 503 g/mol. The summed E-state index contributed by atoms with van der Waals surface area (Å²) in [6, 6.07) is 8.03. The van der Waals surface area contributed by atoms with Gasteiger partial charge in [0.2, 0.25) is 5.91 Å². The Labute approximate surface area is 216 Å². The molecule has 8 heteroatoms. The molecule has 1 N–H and O–H groups in total. The Morgan fingerprint density at radius 1 is 1.36 bits per heavy atom. The number of phenols is 1. The molecule has 1 aromatic heterocycles. The Hall–Kier alpha value is -3.08. The van der Waals surface area contributed by atoms with Crippen molar-refractivity contribution in [3.8, 4) is 22.9 Å². The standard InChI is InChI=1S/C28H30ClN5O2/c1-4-23(36)33-14-28(15-33)7-8-32(13-28)27-20(11-30)25(19-10-18(35)5-6-21(19)29)24-17-9-22(26(24)31-27)34(12-17)16(2)3/h4-6,10,16-17,22,35H,1,7-9,12-15H2,2-3H3. The van der Waals surface area contributed by atoms with Crippen molar-refractivity contribution in [3.05, 3.63) is 52.7 Å². The number of nitriles is 1. The van der Waals surface area contributed by atoms with Gasteiger partial charge in [-0.25, -0.2) is 4.98 Å². The average Bonchev–Trinajstić information content (AvgIpc) is 3.56. The third-order valence-electron chi connectivity index (χ3n) is 8.58. The van der Waals surface area contributed by atoms with Crippen LogP contribution >= 0.6 is 11.6 Å². The third kappa shape index (κ3) is 3.35. The Bertz CT molecular complexity index is 1330. The summed E-state index contributed by atoms with van der Waals surface area (Å²) in [5, 5.41) is 21.3. The molecular formula is C28H30ClN5O2. The van der Waals surface area contributed by atoms with Gasteiger partial charge in [0.25, 0.3) is 0 Å². The van der Waals surface area contributed by atoms with Crippen molar-refractivity contribution in [2.45, 2.75) is 44.7 Å². The molecule has 36 heavy (non-hydrogen) atoms. The maximum absolute atomic E-state index is 12.0. The number of carbonyl (C=O) groups is 1. The lowest BCUT2D eigenvalue weighted by atomic mass is 9.79. The number of amides is 1. The van der Waals surface area contributed by atoms with E-state index >= 15 is 0 Å². The molecule has 4 aliphatic rings. The molecule has 3 saturated heterocycles. The highest BCUT2D eigenvalue weighted by Crippen LogP contribution is 2.56. The van der Waals surface area contributed by atoms with Crippen LogP contribution in [0.4, 0.5) is 5.82 Å². The SMILES string of the molecule is C=CC(=O)N1CC2(CCN(c3nc4c(c(-c5cc(O)ccc5Cl)c3C#N)C3CC4N(C(C)C)C3)C2)C1. The number of phenolic OH excluding ortho intramolecular Hbond substituents is 1. The number of fused-ring (bicyclic) bond motifs is 5. The first-order chi connectivity index (χ1) is 17.2. The fourth-order valence-electron chi connectivity index (χ4n) is 6.92. The smallest absolute Gasteiger partial charge is 0.245 e. The van der Waals surface area contributed by atoms with E-state index in [-0.39, 0.29) is 29.0 Å². The van der Waals surface area contributed by atoms with Crippen LogP contribution in [0.25, 0.3) is 11.1 Å². The number of pyridine rings is 1. The molecule has 2 aromatic rings. The Balaban J connectivity index is 1.47. The summed E-state index contributed by atoms with van der Waals surface area (Å²) >= 11 is 6.68. The molecule has 4 heterocycles. The van der Waals surface area contributed by atoms with Crippen LogP contribution in [0.3, 0.4) is 0 Å². The van der Waals surface area contributed by atoms with Crippen LogP contribution in [-0.4, -0.2) is 64.6 Å². The summed E-state index contributed by atoms with van der Waals surface area (Å²) < 4.78 is 0. The highest BCUT2D eigenvalue weighted by molar-refractivity contribution is 6.33. The van der Waals surface area contributed by atoms with Crippen LogP contribution in [0.5, 0.6) is 5.75 Å². The summed E-state index contributed by atoms with van der Waals surface area (Å²) in [6.45, 7) is 11.9. The summed E-state index contributed by atoms with van der Waals surface area (Å²) in [6.07, 6.45) is 3.31. The number of carbonyl (C=O) groups excluding carboxylic acids is 1. The Kier molecular flexibility index (Phi) is 5.33. The predicted octanol–water partition coefficient (Wildman–Crippen LogP) is 4.46. The van der Waals surface area contributed by atoms with Crippen LogP contribution in [-0.2, 0) is 4.79 Å². The maximum Gasteiger partial charge on any atom is 0.245 e. The lowest BCUT2D eigenvalue weighted by molar-refractivity contribution is -0.136. The van der Waals surface area contributed by atoms with Gasteiger partial charge in [0.15, 0.2) is 0 Å². The molecule has 7 nitrogen and oxygen atoms in total. The molecule has 6 rings (SSSR count). The summed E-state index contributed by atoms with van der Waals surface area (Å²) in [5.74, 6) is 1.08. The first-order valence-corrected chi connectivity index (χ1v) is 13.0. The quantitative estimate of drug-likeness (QED) is 0.620. The molecule has 2 atom stereocenters. The number of benzene rings is 1. The molecule has 0 saturated carbocycles. The van der Waals surface area contributed by atoms with Gasteiger partial charge >= 0.3 is 0 Å². The van der Waals surface area contributed by atoms with E-state index in [4.69, 9.17) is 16.6 Å². The molecular weight excluding hydrogens is 474 g/mol. The zero-order valence-electron chi connectivity index (χ0n) is 20.7. The molecule has 0 radical (unpaired) electrons. The predicted molar refractivity (Wildman–Crippen MR) is 139 cm³/mol. The van der Waals surface area contributed by atoms with Crippen molar-refractivity contribution in [2.24, 2.45) is 5.41 Å². The topological polar surface area (TPSA) is 83.7 Å². The summed E-state index contributed by atoms with van der Waals surface area (Å²) in [7, 11) is 0. The highest BCUT2D eigenvalue weighted by atomic mass is 35.5. The number of aromatic hydroxyl groups is 1. The van der Waals surface area contributed by atoms with Gasteiger partial charge in [-0.15, -0.1) is 0 Å². The van der Waals surface area contributed by atoms with Crippen molar-refractivity contribution >= 4 is 23.3 Å². The average molecular weight is 504 g/mol. The van der Waals surface area contributed by atoms with Crippen molar-refractivity contribution in [1.82, 2.24) is 14.8 Å². The van der Waals surface area contributed by atoms with E-state index in [1.807, 2.05) is 4.90 Å². The van der Waals surface area contributed by atoms with Crippen molar-refractivity contribution in [1.29, 1.82) is 5.26 Å². The second-order valence-corrected chi connectivity index (χ2v) is 11.5. The lowest BCUT2D eigenvalue weighted by Crippen LogP contribution is -2.59. The number of halogens is 1. The van der Waals surface area contributed by atoms with Crippen LogP contribution in [0.2, 0.25) is 5.02 Å². The molecule has 1 spiro atoms. The van der Waals surface area contributed by atoms with Gasteiger partial charge in [0, 0.05) is 66.2 Å². The van der Waals surface area contributed by atoms with Gasteiger partial charge in [0.1, 0.15) is 23.2 Å². The minimum absolute atomic E-state index is 0.0257. The molecule has 1 amide bonds. The molecule has 3 aliphatic heterocycles. The minimum atomic E-state index is -0.0296. The van der Waals surface area contributed by atoms with Crippen molar-refractivity contribution in [3.63, 3.8) is 0 Å². The van der Waals surface area contributed by atoms with Gasteiger partial charge in [-0.1, -0.05) is 18.2 Å². The first kappa shape index (κ1) is 23.3. The van der Waals surface area contributed by atoms with E-state index in [2.05, 4.69) is 36.3 Å². The largest absolute Gasteiger partial charge is 0.508 e. The molecule has 1 aromatic carbocycles. The Morgan fingerprint density at radius 2 is 2.14 bits per heavy atom. The van der Waals surface area contributed by atoms with Gasteiger partial charge in [0.05, 0.1) is 11.7 Å². The minimum Gasteiger partial charge on any atom is -0.508 e. The molecule has 186 valence electrons. The van der Waals surface area contributed by atoms with Crippen LogP contribution in [0, 0.1) is 16.7 Å². The fraction of sp³-hybridized carbons (Fsp3) is 0.464. The molecule has 2 bridgehead atoms. The number of nitrogens with zero attached hydrogens (tertiary/aromatic N) is 5.